The van der Waals surface area contributed by atoms with Gasteiger partial charge in [-0.2, -0.15) is 0 Å². The number of carbonyl (C=O) groups is 1. The summed E-state index contributed by atoms with van der Waals surface area (Å²) < 4.78 is 5.58. The van der Waals surface area contributed by atoms with Gasteiger partial charge >= 0.3 is 0 Å². The Morgan fingerprint density at radius 1 is 1.54 bits per heavy atom. The van der Waals surface area contributed by atoms with Crippen LogP contribution in [0.4, 0.5) is 0 Å². The molecule has 0 radical (unpaired) electrons. The molecule has 0 saturated carbocycles. The molecule has 2 unspecified atom stereocenters. The van der Waals surface area contributed by atoms with Crippen molar-refractivity contribution in [2.75, 3.05) is 6.61 Å². The molecule has 1 amide bonds. The monoisotopic (exact) mass is 185 g/mol. The third kappa shape index (κ3) is 2.21. The first-order valence-electron chi connectivity index (χ1n) is 5.11. The van der Waals surface area contributed by atoms with E-state index in [4.69, 9.17) is 4.74 Å². The molecular formula is C10H19NO2. The summed E-state index contributed by atoms with van der Waals surface area (Å²) in [5, 5.41) is 0. The van der Waals surface area contributed by atoms with Gasteiger partial charge in [0.15, 0.2) is 0 Å². The second-order valence-corrected chi connectivity index (χ2v) is 3.57. The van der Waals surface area contributed by atoms with E-state index in [2.05, 4.69) is 13.8 Å². The van der Waals surface area contributed by atoms with Crippen LogP contribution in [0.2, 0.25) is 0 Å². The Balaban J connectivity index is 2.61. The number of carbonyl (C=O) groups excluding carboxylic acids is 1. The van der Waals surface area contributed by atoms with Crippen molar-refractivity contribution in [2.24, 2.45) is 0 Å². The quantitative estimate of drug-likeness (QED) is 0.670. The van der Waals surface area contributed by atoms with Gasteiger partial charge in [0.05, 0.1) is 12.6 Å². The second-order valence-electron chi connectivity index (χ2n) is 3.57. The van der Waals surface area contributed by atoms with E-state index in [0.717, 1.165) is 19.3 Å². The van der Waals surface area contributed by atoms with Gasteiger partial charge in [-0.1, -0.05) is 20.3 Å². The molecule has 1 aliphatic heterocycles. The summed E-state index contributed by atoms with van der Waals surface area (Å²) in [5.74, 6) is 0.141. The summed E-state index contributed by atoms with van der Waals surface area (Å²) >= 11 is 0. The SMILES string of the molecule is CCCC1OCC(CC)N1C(C)=O. The maximum atomic E-state index is 11.3. The van der Waals surface area contributed by atoms with Crippen molar-refractivity contribution in [3.05, 3.63) is 0 Å². The van der Waals surface area contributed by atoms with Crippen LogP contribution in [-0.2, 0) is 9.53 Å². The molecule has 0 aromatic rings. The fourth-order valence-electron chi connectivity index (χ4n) is 1.86. The largest absolute Gasteiger partial charge is 0.356 e. The van der Waals surface area contributed by atoms with E-state index in [1.807, 2.05) is 4.90 Å². The predicted molar refractivity (Wildman–Crippen MR) is 51.2 cm³/mol. The molecule has 0 aromatic carbocycles. The van der Waals surface area contributed by atoms with Crippen LogP contribution in [-0.4, -0.2) is 29.7 Å². The normalized spacial score (nSPS) is 28.1. The number of rotatable bonds is 3. The van der Waals surface area contributed by atoms with E-state index in [1.54, 1.807) is 6.92 Å². The predicted octanol–water partition coefficient (Wildman–Crippen LogP) is 1.77. The average Bonchev–Trinajstić information content (AvgIpc) is 2.48. The number of hydrogen-bond acceptors (Lipinski definition) is 2. The smallest absolute Gasteiger partial charge is 0.221 e. The summed E-state index contributed by atoms with van der Waals surface area (Å²) in [5.41, 5.74) is 0. The standard InChI is InChI=1S/C10H19NO2/c1-4-6-10-11(8(3)12)9(5-2)7-13-10/h9-10H,4-7H2,1-3H3. The van der Waals surface area contributed by atoms with Gasteiger partial charge in [-0.25, -0.2) is 0 Å². The van der Waals surface area contributed by atoms with E-state index >= 15 is 0 Å². The van der Waals surface area contributed by atoms with Crippen LogP contribution >= 0.6 is 0 Å². The highest BCUT2D eigenvalue weighted by Gasteiger charge is 2.34. The molecule has 0 aromatic heterocycles. The van der Waals surface area contributed by atoms with Gasteiger partial charge < -0.3 is 9.64 Å². The fraction of sp³-hybridized carbons (Fsp3) is 0.900. The minimum absolute atomic E-state index is 0.0347. The first kappa shape index (κ1) is 10.5. The third-order valence-electron chi connectivity index (χ3n) is 2.56. The Kier molecular flexibility index (Phi) is 3.72. The molecule has 2 atom stereocenters. The molecule has 1 rings (SSSR count). The van der Waals surface area contributed by atoms with Crippen molar-refractivity contribution in [2.45, 2.75) is 52.3 Å². The van der Waals surface area contributed by atoms with Crippen LogP contribution < -0.4 is 0 Å². The Hall–Kier alpha value is -0.570. The van der Waals surface area contributed by atoms with Crippen molar-refractivity contribution < 1.29 is 9.53 Å². The molecule has 1 aliphatic rings. The molecule has 3 heteroatoms. The number of amides is 1. The van der Waals surface area contributed by atoms with E-state index in [-0.39, 0.29) is 12.1 Å². The first-order chi connectivity index (χ1) is 6.20. The Bertz CT molecular complexity index is 182. The van der Waals surface area contributed by atoms with Crippen molar-refractivity contribution in [1.82, 2.24) is 4.90 Å². The van der Waals surface area contributed by atoms with E-state index in [9.17, 15) is 4.79 Å². The Morgan fingerprint density at radius 2 is 2.23 bits per heavy atom. The highest BCUT2D eigenvalue weighted by Crippen LogP contribution is 2.22. The van der Waals surface area contributed by atoms with Crippen LogP contribution in [0.25, 0.3) is 0 Å². The zero-order valence-electron chi connectivity index (χ0n) is 8.75. The summed E-state index contributed by atoms with van der Waals surface area (Å²) in [6.07, 6.45) is 3.04. The summed E-state index contributed by atoms with van der Waals surface area (Å²) in [4.78, 5) is 13.2. The molecule has 0 aliphatic carbocycles. The van der Waals surface area contributed by atoms with Gasteiger partial charge in [0.25, 0.3) is 0 Å². The molecule has 0 bridgehead atoms. The van der Waals surface area contributed by atoms with Gasteiger partial charge in [0.2, 0.25) is 5.91 Å². The Labute approximate surface area is 80.1 Å². The minimum Gasteiger partial charge on any atom is -0.356 e. The molecule has 0 spiro atoms. The highest BCUT2D eigenvalue weighted by atomic mass is 16.5. The van der Waals surface area contributed by atoms with Crippen LogP contribution in [0.15, 0.2) is 0 Å². The summed E-state index contributed by atoms with van der Waals surface area (Å²) in [6.45, 7) is 6.54. The van der Waals surface area contributed by atoms with Gasteiger partial charge in [0, 0.05) is 6.92 Å². The van der Waals surface area contributed by atoms with Gasteiger partial charge in [-0.3, -0.25) is 4.79 Å². The lowest BCUT2D eigenvalue weighted by Gasteiger charge is -2.26. The molecular weight excluding hydrogens is 166 g/mol. The summed E-state index contributed by atoms with van der Waals surface area (Å²) in [6, 6.07) is 0.300. The van der Waals surface area contributed by atoms with Crippen molar-refractivity contribution >= 4 is 5.91 Å². The number of ether oxygens (including phenoxy) is 1. The average molecular weight is 185 g/mol. The van der Waals surface area contributed by atoms with E-state index in [0.29, 0.717) is 12.6 Å². The van der Waals surface area contributed by atoms with Crippen LogP contribution in [0.5, 0.6) is 0 Å². The minimum atomic E-state index is 0.0347. The molecule has 0 N–H and O–H groups in total. The molecule has 76 valence electrons. The fourth-order valence-corrected chi connectivity index (χ4v) is 1.86. The maximum Gasteiger partial charge on any atom is 0.221 e. The van der Waals surface area contributed by atoms with Gasteiger partial charge in [0.1, 0.15) is 6.23 Å². The van der Waals surface area contributed by atoms with Gasteiger partial charge in [-0.05, 0) is 12.8 Å². The van der Waals surface area contributed by atoms with E-state index in [1.165, 1.54) is 0 Å². The lowest BCUT2D eigenvalue weighted by molar-refractivity contribution is -0.135. The zero-order chi connectivity index (χ0) is 9.84. The molecule has 1 heterocycles. The third-order valence-corrected chi connectivity index (χ3v) is 2.56. The summed E-state index contributed by atoms with van der Waals surface area (Å²) in [7, 11) is 0. The highest BCUT2D eigenvalue weighted by molar-refractivity contribution is 5.74. The van der Waals surface area contributed by atoms with Crippen LogP contribution in [0, 0.1) is 0 Å². The van der Waals surface area contributed by atoms with Crippen molar-refractivity contribution in [1.29, 1.82) is 0 Å². The van der Waals surface area contributed by atoms with E-state index < -0.39 is 0 Å². The van der Waals surface area contributed by atoms with Crippen LogP contribution in [0.1, 0.15) is 40.0 Å². The molecule has 1 saturated heterocycles. The lowest BCUT2D eigenvalue weighted by atomic mass is 10.2. The first-order valence-corrected chi connectivity index (χ1v) is 5.11. The van der Waals surface area contributed by atoms with Gasteiger partial charge in [-0.15, -0.1) is 0 Å². The van der Waals surface area contributed by atoms with Crippen LogP contribution in [0.3, 0.4) is 0 Å². The van der Waals surface area contributed by atoms with Crippen molar-refractivity contribution in [3.8, 4) is 0 Å². The zero-order valence-corrected chi connectivity index (χ0v) is 8.75. The second kappa shape index (κ2) is 4.61. The topological polar surface area (TPSA) is 29.5 Å². The number of nitrogens with zero attached hydrogens (tertiary/aromatic N) is 1. The maximum absolute atomic E-state index is 11.3. The van der Waals surface area contributed by atoms with Crippen molar-refractivity contribution in [3.63, 3.8) is 0 Å². The molecule has 13 heavy (non-hydrogen) atoms. The Morgan fingerprint density at radius 3 is 2.69 bits per heavy atom. The number of hydrogen-bond donors (Lipinski definition) is 0. The lowest BCUT2D eigenvalue weighted by Crippen LogP contribution is -2.40. The molecule has 1 fully saturated rings. The molecule has 3 nitrogen and oxygen atoms in total.